The number of rotatable bonds is 11. The van der Waals surface area contributed by atoms with Crippen LogP contribution >= 0.6 is 0 Å². The highest BCUT2D eigenvalue weighted by Gasteiger charge is 2.28. The van der Waals surface area contributed by atoms with Crippen molar-refractivity contribution >= 4 is 17.0 Å². The molecule has 0 fully saturated rings. The number of nitrogen functional groups attached to an aromatic ring is 1. The Bertz CT molecular complexity index is 607. The maximum atomic E-state index is 5.97. The SMILES string of the molecule is CCCCCCC(C)(CCCCCC)n1cnc2c(N)ncnc21. The summed E-state index contributed by atoms with van der Waals surface area (Å²) in [7, 11) is 0. The van der Waals surface area contributed by atoms with Gasteiger partial charge in [-0.05, 0) is 19.8 Å². The van der Waals surface area contributed by atoms with Crippen LogP contribution in [-0.2, 0) is 5.54 Å². The zero-order valence-electron chi connectivity index (χ0n) is 15.6. The minimum absolute atomic E-state index is 0.0526. The predicted octanol–water partition coefficient (Wildman–Crippen LogP) is 5.06. The molecule has 0 saturated carbocycles. The van der Waals surface area contributed by atoms with E-state index in [0.29, 0.717) is 5.82 Å². The molecule has 2 N–H and O–H groups in total. The van der Waals surface area contributed by atoms with Crippen LogP contribution in [0.3, 0.4) is 0 Å². The van der Waals surface area contributed by atoms with Gasteiger partial charge in [0.2, 0.25) is 0 Å². The molecule has 0 radical (unpaired) electrons. The van der Waals surface area contributed by atoms with E-state index < -0.39 is 0 Å². The van der Waals surface area contributed by atoms with Gasteiger partial charge in [0.25, 0.3) is 0 Å². The third kappa shape index (κ3) is 4.46. The molecule has 0 spiro atoms. The van der Waals surface area contributed by atoms with Crippen LogP contribution in [-0.4, -0.2) is 19.5 Å². The maximum Gasteiger partial charge on any atom is 0.165 e. The van der Waals surface area contributed by atoms with Crippen LogP contribution < -0.4 is 5.73 Å². The van der Waals surface area contributed by atoms with E-state index in [2.05, 4.69) is 40.3 Å². The monoisotopic (exact) mass is 331 g/mol. The minimum Gasteiger partial charge on any atom is -0.382 e. The lowest BCUT2D eigenvalue weighted by atomic mass is 9.87. The van der Waals surface area contributed by atoms with Crippen LogP contribution in [0.5, 0.6) is 0 Å². The first-order valence-electron chi connectivity index (χ1n) is 9.56. The first-order chi connectivity index (χ1) is 11.6. The molecule has 0 saturated heterocycles. The van der Waals surface area contributed by atoms with Crippen molar-refractivity contribution in [3.8, 4) is 0 Å². The van der Waals surface area contributed by atoms with Crippen LogP contribution in [0, 0.1) is 0 Å². The summed E-state index contributed by atoms with van der Waals surface area (Å²) in [5, 5.41) is 0. The molecule has 2 rings (SSSR count). The Morgan fingerprint density at radius 2 is 1.54 bits per heavy atom. The largest absolute Gasteiger partial charge is 0.382 e. The third-order valence-corrected chi connectivity index (χ3v) is 5.08. The lowest BCUT2D eigenvalue weighted by Crippen LogP contribution is -2.30. The van der Waals surface area contributed by atoms with Gasteiger partial charge in [-0.15, -0.1) is 0 Å². The number of nitrogens with two attached hydrogens (primary N) is 1. The first-order valence-corrected chi connectivity index (χ1v) is 9.56. The van der Waals surface area contributed by atoms with Crippen molar-refractivity contribution in [3.63, 3.8) is 0 Å². The van der Waals surface area contributed by atoms with Crippen molar-refractivity contribution in [2.45, 2.75) is 90.5 Å². The van der Waals surface area contributed by atoms with Crippen LogP contribution in [0.4, 0.5) is 5.82 Å². The molecule has 0 unspecified atom stereocenters. The Morgan fingerprint density at radius 1 is 0.917 bits per heavy atom. The fraction of sp³-hybridized carbons (Fsp3) is 0.737. The van der Waals surface area contributed by atoms with Crippen molar-refractivity contribution in [1.82, 2.24) is 19.5 Å². The summed E-state index contributed by atoms with van der Waals surface area (Å²) < 4.78 is 2.25. The van der Waals surface area contributed by atoms with E-state index in [0.717, 1.165) is 24.0 Å². The van der Waals surface area contributed by atoms with Gasteiger partial charge in [0.15, 0.2) is 11.5 Å². The topological polar surface area (TPSA) is 69.6 Å². The molecule has 134 valence electrons. The maximum absolute atomic E-state index is 5.97. The van der Waals surface area contributed by atoms with E-state index in [-0.39, 0.29) is 5.54 Å². The predicted molar refractivity (Wildman–Crippen MR) is 101 cm³/mol. The number of aromatic nitrogens is 4. The van der Waals surface area contributed by atoms with E-state index in [1.54, 1.807) is 6.33 Å². The van der Waals surface area contributed by atoms with Gasteiger partial charge < -0.3 is 10.3 Å². The number of imidazole rings is 1. The Balaban J connectivity index is 2.20. The van der Waals surface area contributed by atoms with Gasteiger partial charge >= 0.3 is 0 Å². The molecular weight excluding hydrogens is 298 g/mol. The number of fused-ring (bicyclic) bond motifs is 1. The van der Waals surface area contributed by atoms with E-state index in [4.69, 9.17) is 5.73 Å². The van der Waals surface area contributed by atoms with E-state index in [1.165, 1.54) is 51.4 Å². The highest BCUT2D eigenvalue weighted by molar-refractivity contribution is 5.81. The number of nitrogens with zero attached hydrogens (tertiary/aromatic N) is 4. The Kier molecular flexibility index (Phi) is 7.00. The van der Waals surface area contributed by atoms with Gasteiger partial charge in [-0.1, -0.05) is 65.2 Å². The second-order valence-corrected chi connectivity index (χ2v) is 7.16. The van der Waals surface area contributed by atoms with E-state index in [9.17, 15) is 0 Å². The smallest absolute Gasteiger partial charge is 0.165 e. The van der Waals surface area contributed by atoms with Crippen molar-refractivity contribution < 1.29 is 0 Å². The lowest BCUT2D eigenvalue weighted by Gasteiger charge is -2.32. The van der Waals surface area contributed by atoms with E-state index in [1.807, 2.05) is 6.33 Å². The molecule has 0 aromatic carbocycles. The standard InChI is InChI=1S/C19H33N5/c1-4-6-8-10-12-19(3,13-11-9-7-5-2)24-15-23-16-17(20)21-14-22-18(16)24/h14-15H,4-13H2,1-3H3,(H2,20,21,22). The summed E-state index contributed by atoms with van der Waals surface area (Å²) >= 11 is 0. The molecule has 0 aliphatic rings. The molecule has 24 heavy (non-hydrogen) atoms. The highest BCUT2D eigenvalue weighted by atomic mass is 15.2. The molecule has 0 bridgehead atoms. The summed E-state index contributed by atoms with van der Waals surface area (Å²) in [6, 6.07) is 0. The van der Waals surface area contributed by atoms with Gasteiger partial charge in [-0.2, -0.15) is 0 Å². The number of hydrogen-bond acceptors (Lipinski definition) is 4. The number of hydrogen-bond donors (Lipinski definition) is 1. The Hall–Kier alpha value is -1.65. The van der Waals surface area contributed by atoms with Gasteiger partial charge in [-0.3, -0.25) is 0 Å². The van der Waals surface area contributed by atoms with Crippen molar-refractivity contribution in [3.05, 3.63) is 12.7 Å². The second kappa shape index (κ2) is 9.00. The van der Waals surface area contributed by atoms with Gasteiger partial charge in [-0.25, -0.2) is 15.0 Å². The summed E-state index contributed by atoms with van der Waals surface area (Å²) in [4.78, 5) is 13.0. The summed E-state index contributed by atoms with van der Waals surface area (Å²) in [5.74, 6) is 0.470. The minimum atomic E-state index is 0.0526. The molecular formula is C19H33N5. The Morgan fingerprint density at radius 3 is 2.12 bits per heavy atom. The molecule has 0 aliphatic carbocycles. The fourth-order valence-corrected chi connectivity index (χ4v) is 3.48. The van der Waals surface area contributed by atoms with Crippen molar-refractivity contribution in [2.24, 2.45) is 0 Å². The fourth-order valence-electron chi connectivity index (χ4n) is 3.48. The van der Waals surface area contributed by atoms with Crippen LogP contribution in [0.1, 0.15) is 85.0 Å². The van der Waals surface area contributed by atoms with Gasteiger partial charge in [0.05, 0.1) is 6.33 Å². The van der Waals surface area contributed by atoms with Crippen molar-refractivity contribution in [2.75, 3.05) is 5.73 Å². The molecule has 0 amide bonds. The lowest BCUT2D eigenvalue weighted by molar-refractivity contribution is 0.256. The number of unbranched alkanes of at least 4 members (excludes halogenated alkanes) is 6. The molecule has 5 heteroatoms. The van der Waals surface area contributed by atoms with Crippen LogP contribution in [0.2, 0.25) is 0 Å². The quantitative estimate of drug-likeness (QED) is 0.584. The van der Waals surface area contributed by atoms with Gasteiger partial charge in [0.1, 0.15) is 11.8 Å². The van der Waals surface area contributed by atoms with Crippen LogP contribution in [0.15, 0.2) is 12.7 Å². The molecule has 5 nitrogen and oxygen atoms in total. The molecule has 2 heterocycles. The average molecular weight is 332 g/mol. The zero-order valence-corrected chi connectivity index (χ0v) is 15.6. The summed E-state index contributed by atoms with van der Waals surface area (Å²) in [6.07, 6.45) is 16.0. The average Bonchev–Trinajstić information content (AvgIpc) is 3.02. The Labute approximate surface area is 146 Å². The highest BCUT2D eigenvalue weighted by Crippen LogP contribution is 2.33. The third-order valence-electron chi connectivity index (χ3n) is 5.08. The first kappa shape index (κ1) is 18.7. The van der Waals surface area contributed by atoms with E-state index >= 15 is 0 Å². The molecule has 2 aromatic rings. The normalized spacial score (nSPS) is 12.1. The molecule has 0 atom stereocenters. The summed E-state index contributed by atoms with van der Waals surface area (Å²) in [5.41, 5.74) is 7.62. The molecule has 0 aliphatic heterocycles. The molecule has 2 aromatic heterocycles. The van der Waals surface area contributed by atoms with Crippen molar-refractivity contribution in [1.29, 1.82) is 0 Å². The second-order valence-electron chi connectivity index (χ2n) is 7.16. The van der Waals surface area contributed by atoms with Gasteiger partial charge in [0, 0.05) is 5.54 Å². The van der Waals surface area contributed by atoms with Crippen LogP contribution in [0.25, 0.3) is 11.2 Å². The number of anilines is 1. The zero-order chi connectivity index (χ0) is 17.4. The summed E-state index contributed by atoms with van der Waals surface area (Å²) in [6.45, 7) is 6.87.